The second-order valence-corrected chi connectivity index (χ2v) is 4.56. The average Bonchev–Trinajstić information content (AvgIpc) is 2.33. The van der Waals surface area contributed by atoms with Crippen LogP contribution in [-0.4, -0.2) is 23.3 Å². The second-order valence-electron chi connectivity index (χ2n) is 4.56. The lowest BCUT2D eigenvalue weighted by Gasteiger charge is -2.05. The highest BCUT2D eigenvalue weighted by Crippen LogP contribution is 2.07. The van der Waals surface area contributed by atoms with E-state index in [1.54, 1.807) is 6.20 Å². The van der Waals surface area contributed by atoms with E-state index in [1.165, 1.54) is 6.92 Å². The van der Waals surface area contributed by atoms with Crippen molar-refractivity contribution in [1.82, 2.24) is 10.3 Å². The first kappa shape index (κ1) is 15.1. The molecule has 0 radical (unpaired) electrons. The Kier molecular flexibility index (Phi) is 6.57. The van der Waals surface area contributed by atoms with Crippen LogP contribution in [0.5, 0.6) is 0 Å². The van der Waals surface area contributed by atoms with Gasteiger partial charge in [-0.1, -0.05) is 6.42 Å². The van der Waals surface area contributed by atoms with Gasteiger partial charge in [-0.2, -0.15) is 0 Å². The molecule has 19 heavy (non-hydrogen) atoms. The molecule has 1 rings (SSSR count). The van der Waals surface area contributed by atoms with Crippen LogP contribution >= 0.6 is 0 Å². The lowest BCUT2D eigenvalue weighted by atomic mass is 10.2. The molecule has 0 bridgehead atoms. The summed E-state index contributed by atoms with van der Waals surface area (Å²) >= 11 is 0. The Balaban J connectivity index is 2.13. The normalized spacial score (nSPS) is 10.0. The molecule has 2 N–H and O–H groups in total. The van der Waals surface area contributed by atoms with Gasteiger partial charge in [0.1, 0.15) is 5.82 Å². The lowest BCUT2D eigenvalue weighted by molar-refractivity contribution is -0.119. The van der Waals surface area contributed by atoms with Crippen molar-refractivity contribution in [3.8, 4) is 0 Å². The predicted octanol–water partition coefficient (Wildman–Crippen LogP) is 2.03. The number of rotatable bonds is 7. The van der Waals surface area contributed by atoms with Gasteiger partial charge in [0, 0.05) is 26.1 Å². The van der Waals surface area contributed by atoms with Crippen molar-refractivity contribution in [1.29, 1.82) is 0 Å². The van der Waals surface area contributed by atoms with Gasteiger partial charge in [0.2, 0.25) is 11.8 Å². The molecule has 0 saturated heterocycles. The van der Waals surface area contributed by atoms with E-state index in [9.17, 15) is 9.59 Å². The minimum Gasteiger partial charge on any atom is -0.356 e. The van der Waals surface area contributed by atoms with Crippen LogP contribution in [0, 0.1) is 6.92 Å². The number of amides is 2. The van der Waals surface area contributed by atoms with Crippen LogP contribution in [0.15, 0.2) is 18.3 Å². The number of aryl methyl sites for hydroxylation is 1. The van der Waals surface area contributed by atoms with E-state index in [0.29, 0.717) is 18.8 Å². The Morgan fingerprint density at radius 1 is 1.26 bits per heavy atom. The first-order valence-corrected chi connectivity index (χ1v) is 6.55. The number of unbranched alkanes of at least 4 members (excludes halogenated alkanes) is 2. The third kappa shape index (κ3) is 7.18. The number of carbonyl (C=O) groups is 2. The van der Waals surface area contributed by atoms with Gasteiger partial charge in [0.15, 0.2) is 0 Å². The monoisotopic (exact) mass is 263 g/mol. The molecule has 5 heteroatoms. The molecule has 2 amide bonds. The van der Waals surface area contributed by atoms with Crippen molar-refractivity contribution < 1.29 is 9.59 Å². The van der Waals surface area contributed by atoms with Crippen molar-refractivity contribution in [3.63, 3.8) is 0 Å². The van der Waals surface area contributed by atoms with E-state index in [2.05, 4.69) is 15.6 Å². The molecule has 0 unspecified atom stereocenters. The van der Waals surface area contributed by atoms with Crippen molar-refractivity contribution >= 4 is 17.6 Å². The maximum Gasteiger partial charge on any atom is 0.225 e. The maximum atomic E-state index is 11.6. The third-order valence-corrected chi connectivity index (χ3v) is 2.64. The lowest BCUT2D eigenvalue weighted by Crippen LogP contribution is -2.20. The molecule has 1 aromatic heterocycles. The van der Waals surface area contributed by atoms with E-state index < -0.39 is 0 Å². The van der Waals surface area contributed by atoms with Crippen molar-refractivity contribution in [2.24, 2.45) is 0 Å². The fourth-order valence-corrected chi connectivity index (χ4v) is 1.66. The first-order chi connectivity index (χ1) is 9.08. The molecule has 0 aromatic carbocycles. The summed E-state index contributed by atoms with van der Waals surface area (Å²) in [6.07, 6.45) is 4.80. The number of aromatic nitrogens is 1. The summed E-state index contributed by atoms with van der Waals surface area (Å²) < 4.78 is 0. The first-order valence-electron chi connectivity index (χ1n) is 6.55. The summed E-state index contributed by atoms with van der Waals surface area (Å²) in [4.78, 5) is 26.4. The summed E-state index contributed by atoms with van der Waals surface area (Å²) in [6, 6.07) is 3.73. The van der Waals surface area contributed by atoms with E-state index in [1.807, 2.05) is 19.1 Å². The van der Waals surface area contributed by atoms with E-state index in [4.69, 9.17) is 0 Å². The zero-order chi connectivity index (χ0) is 14.1. The van der Waals surface area contributed by atoms with Gasteiger partial charge >= 0.3 is 0 Å². The average molecular weight is 263 g/mol. The van der Waals surface area contributed by atoms with Crippen molar-refractivity contribution in [2.75, 3.05) is 11.9 Å². The Labute approximate surface area is 113 Å². The number of nitrogens with zero attached hydrogens (tertiary/aromatic N) is 1. The van der Waals surface area contributed by atoms with Crippen LogP contribution in [0.4, 0.5) is 5.82 Å². The Morgan fingerprint density at radius 3 is 2.74 bits per heavy atom. The summed E-state index contributed by atoms with van der Waals surface area (Å²) in [5, 5.41) is 5.50. The van der Waals surface area contributed by atoms with Gasteiger partial charge in [-0.3, -0.25) is 9.59 Å². The third-order valence-electron chi connectivity index (χ3n) is 2.64. The maximum absolute atomic E-state index is 11.6. The van der Waals surface area contributed by atoms with Gasteiger partial charge in [-0.25, -0.2) is 4.98 Å². The van der Waals surface area contributed by atoms with Gasteiger partial charge in [0.25, 0.3) is 0 Å². The molecule has 1 heterocycles. The van der Waals surface area contributed by atoms with Crippen LogP contribution in [0.3, 0.4) is 0 Å². The van der Waals surface area contributed by atoms with Crippen molar-refractivity contribution in [3.05, 3.63) is 23.9 Å². The fourth-order valence-electron chi connectivity index (χ4n) is 1.66. The molecule has 0 atom stereocenters. The van der Waals surface area contributed by atoms with E-state index in [-0.39, 0.29) is 11.8 Å². The quantitative estimate of drug-likeness (QED) is 0.739. The zero-order valence-corrected chi connectivity index (χ0v) is 11.5. The second kappa shape index (κ2) is 8.24. The number of carbonyl (C=O) groups excluding carboxylic acids is 2. The highest BCUT2D eigenvalue weighted by Gasteiger charge is 2.03. The molecule has 0 saturated carbocycles. The molecule has 104 valence electrons. The molecular weight excluding hydrogens is 242 g/mol. The van der Waals surface area contributed by atoms with Gasteiger partial charge < -0.3 is 10.6 Å². The van der Waals surface area contributed by atoms with Gasteiger partial charge in [-0.05, 0) is 37.5 Å². The highest BCUT2D eigenvalue weighted by atomic mass is 16.2. The minimum absolute atomic E-state index is 0.0109. The topological polar surface area (TPSA) is 71.1 Å². The fraction of sp³-hybridized carbons (Fsp3) is 0.500. The molecular formula is C14H21N3O2. The molecule has 1 aromatic rings. The summed E-state index contributed by atoms with van der Waals surface area (Å²) in [6.45, 7) is 4.14. The Morgan fingerprint density at radius 2 is 2.05 bits per heavy atom. The molecule has 0 spiro atoms. The number of hydrogen-bond acceptors (Lipinski definition) is 3. The highest BCUT2D eigenvalue weighted by molar-refractivity contribution is 5.89. The van der Waals surface area contributed by atoms with Crippen molar-refractivity contribution in [2.45, 2.75) is 39.5 Å². The smallest absolute Gasteiger partial charge is 0.225 e. The number of anilines is 1. The zero-order valence-electron chi connectivity index (χ0n) is 11.5. The summed E-state index contributed by atoms with van der Waals surface area (Å²) in [7, 11) is 0. The van der Waals surface area contributed by atoms with Gasteiger partial charge in [0.05, 0.1) is 0 Å². The van der Waals surface area contributed by atoms with Crippen LogP contribution in [-0.2, 0) is 9.59 Å². The van der Waals surface area contributed by atoms with Gasteiger partial charge in [-0.15, -0.1) is 0 Å². The largest absolute Gasteiger partial charge is 0.356 e. The van der Waals surface area contributed by atoms with E-state index in [0.717, 1.165) is 24.8 Å². The molecule has 5 nitrogen and oxygen atoms in total. The number of nitrogens with one attached hydrogen (secondary N) is 2. The Bertz CT molecular complexity index is 432. The molecule has 0 aliphatic carbocycles. The summed E-state index contributed by atoms with van der Waals surface area (Å²) in [5.41, 5.74) is 1.07. The van der Waals surface area contributed by atoms with Crippen LogP contribution in [0.25, 0.3) is 0 Å². The van der Waals surface area contributed by atoms with Crippen LogP contribution in [0.1, 0.15) is 38.2 Å². The Hall–Kier alpha value is -1.91. The van der Waals surface area contributed by atoms with Crippen LogP contribution in [0.2, 0.25) is 0 Å². The molecule has 0 fully saturated rings. The summed E-state index contributed by atoms with van der Waals surface area (Å²) in [5.74, 6) is 0.573. The molecule has 0 aliphatic rings. The molecule has 0 aliphatic heterocycles. The van der Waals surface area contributed by atoms with Crippen LogP contribution < -0.4 is 10.6 Å². The minimum atomic E-state index is -0.0161. The van der Waals surface area contributed by atoms with E-state index >= 15 is 0 Å². The predicted molar refractivity (Wildman–Crippen MR) is 74.8 cm³/mol. The number of hydrogen-bond donors (Lipinski definition) is 2. The standard InChI is InChI=1S/C14H21N3O2/c1-11-7-9-16-13(10-11)17-14(19)6-4-3-5-8-15-12(2)18/h7,9-10H,3-6,8H2,1-2H3,(H,15,18)(H,16,17,19). The number of pyridine rings is 1. The SMILES string of the molecule is CC(=O)NCCCCCC(=O)Nc1cc(C)ccn1.